The zero-order chi connectivity index (χ0) is 14.1. The van der Waals surface area contributed by atoms with Gasteiger partial charge in [0.05, 0.1) is 0 Å². The average molecular weight is 282 g/mol. The third-order valence-corrected chi connectivity index (χ3v) is 4.35. The standard InChI is InChI=1S/C17H14O2S/c1-11-16(12-2-6-14(18)7-3-12)10-17(20-11)13-4-8-15(19)9-5-13/h2-10,18-19H,1H3. The monoisotopic (exact) mass is 282 g/mol. The Morgan fingerprint density at radius 3 is 1.80 bits per heavy atom. The maximum Gasteiger partial charge on any atom is 0.115 e. The molecule has 0 spiro atoms. The van der Waals surface area contributed by atoms with E-state index >= 15 is 0 Å². The quantitative estimate of drug-likeness (QED) is 0.708. The lowest BCUT2D eigenvalue weighted by Crippen LogP contribution is -1.75. The lowest BCUT2D eigenvalue weighted by molar-refractivity contribution is 0.475. The van der Waals surface area contributed by atoms with Gasteiger partial charge >= 0.3 is 0 Å². The highest BCUT2D eigenvalue weighted by Crippen LogP contribution is 2.37. The van der Waals surface area contributed by atoms with E-state index in [1.54, 1.807) is 35.6 Å². The Balaban J connectivity index is 2.02. The van der Waals surface area contributed by atoms with Crippen LogP contribution in [0.15, 0.2) is 54.6 Å². The first-order valence-corrected chi connectivity index (χ1v) is 7.14. The fraction of sp³-hybridized carbons (Fsp3) is 0.0588. The summed E-state index contributed by atoms with van der Waals surface area (Å²) in [5.41, 5.74) is 3.38. The fourth-order valence-corrected chi connectivity index (χ4v) is 3.22. The topological polar surface area (TPSA) is 40.5 Å². The smallest absolute Gasteiger partial charge is 0.115 e. The summed E-state index contributed by atoms with van der Waals surface area (Å²) in [7, 11) is 0. The van der Waals surface area contributed by atoms with Crippen molar-refractivity contribution in [2.75, 3.05) is 0 Å². The average Bonchev–Trinajstić information content (AvgIpc) is 2.82. The summed E-state index contributed by atoms with van der Waals surface area (Å²) in [4.78, 5) is 2.41. The van der Waals surface area contributed by atoms with Crippen LogP contribution in [0.2, 0.25) is 0 Å². The van der Waals surface area contributed by atoms with E-state index in [0.29, 0.717) is 0 Å². The minimum absolute atomic E-state index is 0.278. The summed E-state index contributed by atoms with van der Waals surface area (Å²) in [6.07, 6.45) is 0. The molecule has 0 saturated carbocycles. The molecule has 20 heavy (non-hydrogen) atoms. The first-order valence-electron chi connectivity index (χ1n) is 6.33. The van der Waals surface area contributed by atoms with Gasteiger partial charge in [-0.15, -0.1) is 11.3 Å². The van der Waals surface area contributed by atoms with Crippen LogP contribution in [0.1, 0.15) is 4.88 Å². The minimum atomic E-state index is 0.278. The van der Waals surface area contributed by atoms with Crippen LogP contribution in [0.5, 0.6) is 11.5 Å². The van der Waals surface area contributed by atoms with Crippen molar-refractivity contribution in [1.29, 1.82) is 0 Å². The molecule has 0 aliphatic heterocycles. The molecule has 2 nitrogen and oxygen atoms in total. The molecule has 0 aliphatic carbocycles. The molecular formula is C17H14O2S. The van der Waals surface area contributed by atoms with E-state index in [0.717, 1.165) is 11.1 Å². The predicted octanol–water partition coefficient (Wildman–Crippen LogP) is 4.80. The lowest BCUT2D eigenvalue weighted by atomic mass is 10.1. The van der Waals surface area contributed by atoms with Crippen molar-refractivity contribution in [2.24, 2.45) is 0 Å². The molecule has 3 aromatic rings. The summed E-state index contributed by atoms with van der Waals surface area (Å²) >= 11 is 1.73. The van der Waals surface area contributed by atoms with Gasteiger partial charge in [-0.1, -0.05) is 12.1 Å². The maximum absolute atomic E-state index is 9.36. The highest BCUT2D eigenvalue weighted by molar-refractivity contribution is 7.16. The molecule has 3 rings (SSSR count). The van der Waals surface area contributed by atoms with Crippen LogP contribution >= 0.6 is 11.3 Å². The van der Waals surface area contributed by atoms with Gasteiger partial charge in [0.2, 0.25) is 0 Å². The Morgan fingerprint density at radius 2 is 1.25 bits per heavy atom. The Hall–Kier alpha value is -2.26. The lowest BCUT2D eigenvalue weighted by Gasteiger charge is -2.00. The van der Waals surface area contributed by atoms with E-state index in [1.165, 1.54) is 15.3 Å². The van der Waals surface area contributed by atoms with Crippen molar-refractivity contribution in [1.82, 2.24) is 0 Å². The molecular weight excluding hydrogens is 268 g/mol. The van der Waals surface area contributed by atoms with E-state index in [9.17, 15) is 10.2 Å². The second kappa shape index (κ2) is 5.02. The van der Waals surface area contributed by atoms with E-state index in [2.05, 4.69) is 13.0 Å². The second-order valence-corrected chi connectivity index (χ2v) is 5.93. The van der Waals surface area contributed by atoms with Crippen molar-refractivity contribution >= 4 is 11.3 Å². The van der Waals surface area contributed by atoms with Crippen LogP contribution in [0.4, 0.5) is 0 Å². The normalized spacial score (nSPS) is 10.7. The molecule has 1 heterocycles. The van der Waals surface area contributed by atoms with Crippen molar-refractivity contribution in [2.45, 2.75) is 6.92 Å². The van der Waals surface area contributed by atoms with Gasteiger partial charge in [0.15, 0.2) is 0 Å². The Bertz CT molecular complexity index is 725. The second-order valence-electron chi connectivity index (χ2n) is 4.67. The van der Waals surface area contributed by atoms with Gasteiger partial charge in [-0.3, -0.25) is 0 Å². The number of thiophene rings is 1. The number of hydrogen-bond acceptors (Lipinski definition) is 3. The molecule has 3 heteroatoms. The van der Waals surface area contributed by atoms with Gasteiger partial charge in [0.1, 0.15) is 11.5 Å². The van der Waals surface area contributed by atoms with Crippen molar-refractivity contribution in [3.05, 3.63) is 59.5 Å². The van der Waals surface area contributed by atoms with E-state index < -0.39 is 0 Å². The minimum Gasteiger partial charge on any atom is -0.508 e. The molecule has 1 aromatic heterocycles. The molecule has 0 fully saturated rings. The Labute approximate surface area is 121 Å². The van der Waals surface area contributed by atoms with Gasteiger partial charge in [0, 0.05) is 9.75 Å². The highest BCUT2D eigenvalue weighted by Gasteiger charge is 2.09. The van der Waals surface area contributed by atoms with Gasteiger partial charge in [-0.2, -0.15) is 0 Å². The molecule has 0 amide bonds. The molecule has 2 aromatic carbocycles. The summed E-state index contributed by atoms with van der Waals surface area (Å²) in [5.74, 6) is 0.557. The molecule has 0 bridgehead atoms. The van der Waals surface area contributed by atoms with Crippen LogP contribution in [0.25, 0.3) is 21.6 Å². The zero-order valence-corrected chi connectivity index (χ0v) is 11.8. The molecule has 0 unspecified atom stereocenters. The van der Waals surface area contributed by atoms with Crippen molar-refractivity contribution in [3.8, 4) is 33.1 Å². The number of rotatable bonds is 2. The summed E-state index contributed by atoms with van der Waals surface area (Å²) in [5, 5.41) is 18.7. The molecule has 2 N–H and O–H groups in total. The third-order valence-electron chi connectivity index (χ3n) is 3.25. The first kappa shape index (κ1) is 12.8. The Kier molecular flexibility index (Phi) is 3.20. The number of aryl methyl sites for hydroxylation is 1. The highest BCUT2D eigenvalue weighted by atomic mass is 32.1. The number of aromatic hydroxyl groups is 2. The third kappa shape index (κ3) is 2.40. The van der Waals surface area contributed by atoms with Crippen LogP contribution in [-0.4, -0.2) is 10.2 Å². The molecule has 100 valence electrons. The van der Waals surface area contributed by atoms with E-state index in [4.69, 9.17) is 0 Å². The number of hydrogen-bond donors (Lipinski definition) is 2. The van der Waals surface area contributed by atoms with E-state index in [-0.39, 0.29) is 11.5 Å². The summed E-state index contributed by atoms with van der Waals surface area (Å²) < 4.78 is 0. The SMILES string of the molecule is Cc1sc(-c2ccc(O)cc2)cc1-c1ccc(O)cc1. The van der Waals surface area contributed by atoms with Crippen LogP contribution in [0.3, 0.4) is 0 Å². The Morgan fingerprint density at radius 1 is 0.750 bits per heavy atom. The van der Waals surface area contributed by atoms with Crippen molar-refractivity contribution in [3.63, 3.8) is 0 Å². The molecule has 0 aliphatic rings. The predicted molar refractivity (Wildman–Crippen MR) is 83.3 cm³/mol. The molecule has 0 radical (unpaired) electrons. The van der Waals surface area contributed by atoms with E-state index in [1.807, 2.05) is 24.3 Å². The largest absolute Gasteiger partial charge is 0.508 e. The van der Waals surface area contributed by atoms with Gasteiger partial charge in [-0.25, -0.2) is 0 Å². The molecule has 0 atom stereocenters. The van der Waals surface area contributed by atoms with Gasteiger partial charge in [-0.05, 0) is 66.1 Å². The molecule has 0 saturated heterocycles. The van der Waals surface area contributed by atoms with Gasteiger partial charge < -0.3 is 10.2 Å². The van der Waals surface area contributed by atoms with Crippen LogP contribution in [-0.2, 0) is 0 Å². The fourth-order valence-electron chi connectivity index (χ4n) is 2.18. The number of benzene rings is 2. The van der Waals surface area contributed by atoms with Gasteiger partial charge in [0.25, 0.3) is 0 Å². The van der Waals surface area contributed by atoms with Crippen LogP contribution in [0, 0.1) is 6.92 Å². The zero-order valence-electron chi connectivity index (χ0n) is 11.0. The van der Waals surface area contributed by atoms with Crippen molar-refractivity contribution < 1.29 is 10.2 Å². The summed E-state index contributed by atoms with van der Waals surface area (Å²) in [6, 6.07) is 16.6. The van der Waals surface area contributed by atoms with Crippen LogP contribution < -0.4 is 0 Å². The summed E-state index contributed by atoms with van der Waals surface area (Å²) in [6.45, 7) is 2.09. The number of phenols is 2. The maximum atomic E-state index is 9.36. The first-order chi connectivity index (χ1) is 9.63. The number of phenolic OH excluding ortho intramolecular Hbond substituents is 2.